The number of rotatable bonds is 3. The maximum Gasteiger partial charge on any atom is 0.0434 e. The predicted molar refractivity (Wildman–Crippen MR) is 206 cm³/mol. The molecule has 0 aliphatic heterocycles. The molecule has 0 unspecified atom stereocenters. The van der Waals surface area contributed by atoms with Crippen molar-refractivity contribution in [2.45, 2.75) is 0 Å². The van der Waals surface area contributed by atoms with Crippen molar-refractivity contribution in [3.05, 3.63) is 170 Å². The van der Waals surface area contributed by atoms with Crippen LogP contribution in [0.4, 0.5) is 0 Å². The van der Waals surface area contributed by atoms with E-state index in [0.29, 0.717) is 0 Å². The standard InChI is InChI=1S/C46H28S/c1-2-12-33-28-34(25-20-29(33)10-1)44-39-16-7-5-14-37(39)43(38-15-6-8-17-40(38)44)32-23-21-31(22-24-32)36-18-9-19-41-45-35-13-4-3-11-30(35)26-27-42(45)47-46(36)41/h1-28H. The molecule has 0 atom stereocenters. The largest absolute Gasteiger partial charge is 0.135 e. The van der Waals surface area contributed by atoms with Gasteiger partial charge in [-0.3, -0.25) is 0 Å². The number of thiophene rings is 1. The second-order valence-corrected chi connectivity index (χ2v) is 13.5. The fraction of sp³-hybridized carbons (Fsp3) is 0. The molecular weight excluding hydrogens is 585 g/mol. The van der Waals surface area contributed by atoms with Crippen molar-refractivity contribution in [2.75, 3.05) is 0 Å². The second-order valence-electron chi connectivity index (χ2n) is 12.4. The minimum atomic E-state index is 1.24. The fourth-order valence-electron chi connectivity index (χ4n) is 7.71. The van der Waals surface area contributed by atoms with Crippen LogP contribution in [0.2, 0.25) is 0 Å². The molecule has 1 aromatic heterocycles. The lowest BCUT2D eigenvalue weighted by molar-refractivity contribution is 1.64. The van der Waals surface area contributed by atoms with Crippen LogP contribution >= 0.6 is 11.3 Å². The van der Waals surface area contributed by atoms with Gasteiger partial charge in [-0.05, 0) is 88.6 Å². The number of hydrogen-bond acceptors (Lipinski definition) is 1. The van der Waals surface area contributed by atoms with Crippen LogP contribution in [0.3, 0.4) is 0 Å². The van der Waals surface area contributed by atoms with E-state index in [2.05, 4.69) is 170 Å². The lowest BCUT2D eigenvalue weighted by Crippen LogP contribution is -1.91. The molecule has 9 aromatic carbocycles. The van der Waals surface area contributed by atoms with Gasteiger partial charge in [-0.25, -0.2) is 0 Å². The highest BCUT2D eigenvalue weighted by atomic mass is 32.1. The summed E-state index contributed by atoms with van der Waals surface area (Å²) in [6.07, 6.45) is 0. The molecule has 0 aliphatic carbocycles. The average Bonchev–Trinajstić information content (AvgIpc) is 3.53. The summed E-state index contributed by atoms with van der Waals surface area (Å²) >= 11 is 1.90. The van der Waals surface area contributed by atoms with Crippen molar-refractivity contribution in [1.29, 1.82) is 0 Å². The van der Waals surface area contributed by atoms with Crippen molar-refractivity contribution in [2.24, 2.45) is 0 Å². The molecule has 10 rings (SSSR count). The molecule has 0 amide bonds. The molecule has 1 heteroatoms. The van der Waals surface area contributed by atoms with Crippen LogP contribution in [0.15, 0.2) is 170 Å². The Morgan fingerprint density at radius 2 is 0.830 bits per heavy atom. The number of fused-ring (bicyclic) bond motifs is 8. The number of hydrogen-bond donors (Lipinski definition) is 0. The fourth-order valence-corrected chi connectivity index (χ4v) is 8.96. The molecule has 0 saturated heterocycles. The summed E-state index contributed by atoms with van der Waals surface area (Å²) in [6.45, 7) is 0. The summed E-state index contributed by atoms with van der Waals surface area (Å²) in [5, 5.41) is 13.0. The zero-order valence-corrected chi connectivity index (χ0v) is 26.4. The Labute approximate surface area is 276 Å². The Morgan fingerprint density at radius 1 is 0.319 bits per heavy atom. The van der Waals surface area contributed by atoms with Gasteiger partial charge in [-0.2, -0.15) is 0 Å². The first-order valence-corrected chi connectivity index (χ1v) is 17.0. The van der Waals surface area contributed by atoms with Crippen LogP contribution < -0.4 is 0 Å². The molecule has 47 heavy (non-hydrogen) atoms. The lowest BCUT2D eigenvalue weighted by Gasteiger charge is -2.18. The van der Waals surface area contributed by atoms with Crippen molar-refractivity contribution in [3.63, 3.8) is 0 Å². The SMILES string of the molecule is c1ccc2cc(-c3c4ccccc4c(-c4ccc(-c5cccc6c5sc5ccc7ccccc7c56)cc4)c4ccccc34)ccc2c1. The molecule has 0 radical (unpaired) electrons. The van der Waals surface area contributed by atoms with Gasteiger partial charge in [0.2, 0.25) is 0 Å². The maximum atomic E-state index is 2.34. The van der Waals surface area contributed by atoms with Crippen molar-refractivity contribution in [1.82, 2.24) is 0 Å². The van der Waals surface area contributed by atoms with Gasteiger partial charge < -0.3 is 0 Å². The van der Waals surface area contributed by atoms with Crippen molar-refractivity contribution >= 4 is 74.6 Å². The summed E-state index contributed by atoms with van der Waals surface area (Å²) in [4.78, 5) is 0. The van der Waals surface area contributed by atoms with E-state index >= 15 is 0 Å². The normalized spacial score (nSPS) is 11.8. The Kier molecular flexibility index (Phi) is 5.85. The molecule has 0 spiro atoms. The van der Waals surface area contributed by atoms with Crippen LogP contribution in [0.25, 0.3) is 96.6 Å². The highest BCUT2D eigenvalue weighted by Gasteiger charge is 2.18. The van der Waals surface area contributed by atoms with Gasteiger partial charge in [0.1, 0.15) is 0 Å². The molecule has 0 N–H and O–H groups in total. The first-order valence-electron chi connectivity index (χ1n) is 16.2. The quantitative estimate of drug-likeness (QED) is 0.174. The van der Waals surface area contributed by atoms with Gasteiger partial charge in [0.05, 0.1) is 0 Å². The average molecular weight is 613 g/mol. The summed E-state index contributed by atoms with van der Waals surface area (Å²) < 4.78 is 2.69. The molecule has 0 aliphatic rings. The monoisotopic (exact) mass is 612 g/mol. The summed E-state index contributed by atoms with van der Waals surface area (Å²) in [6, 6.07) is 62.7. The Hall–Kier alpha value is -5.76. The zero-order chi connectivity index (χ0) is 30.9. The summed E-state index contributed by atoms with van der Waals surface area (Å²) in [5.74, 6) is 0. The van der Waals surface area contributed by atoms with E-state index < -0.39 is 0 Å². The van der Waals surface area contributed by atoms with E-state index in [4.69, 9.17) is 0 Å². The molecule has 0 fully saturated rings. The third-order valence-corrected chi connectivity index (χ3v) is 11.0. The van der Waals surface area contributed by atoms with Gasteiger partial charge in [0, 0.05) is 20.2 Å². The third-order valence-electron chi connectivity index (χ3n) is 9.84. The molecule has 10 aromatic rings. The smallest absolute Gasteiger partial charge is 0.0434 e. The van der Waals surface area contributed by atoms with Gasteiger partial charge in [0.25, 0.3) is 0 Å². The van der Waals surface area contributed by atoms with Crippen LogP contribution in [0.5, 0.6) is 0 Å². The Bertz CT molecular complexity index is 2780. The van der Waals surface area contributed by atoms with Crippen LogP contribution in [0, 0.1) is 0 Å². The van der Waals surface area contributed by atoms with Crippen molar-refractivity contribution in [3.8, 4) is 33.4 Å². The number of benzene rings is 9. The van der Waals surface area contributed by atoms with Gasteiger partial charge >= 0.3 is 0 Å². The van der Waals surface area contributed by atoms with E-state index in [9.17, 15) is 0 Å². The first kappa shape index (κ1) is 26.5. The molecule has 0 saturated carbocycles. The summed E-state index contributed by atoms with van der Waals surface area (Å²) in [7, 11) is 0. The van der Waals surface area contributed by atoms with E-state index in [-0.39, 0.29) is 0 Å². The Balaban J connectivity index is 1.16. The van der Waals surface area contributed by atoms with Gasteiger partial charge in [-0.1, -0.05) is 158 Å². The second kappa shape index (κ2) is 10.4. The zero-order valence-electron chi connectivity index (χ0n) is 25.6. The van der Waals surface area contributed by atoms with Gasteiger partial charge in [0.15, 0.2) is 0 Å². The van der Waals surface area contributed by atoms with Crippen LogP contribution in [0.1, 0.15) is 0 Å². The van der Waals surface area contributed by atoms with E-state index in [1.165, 1.54) is 96.6 Å². The molecular formula is C46H28S. The minimum Gasteiger partial charge on any atom is -0.135 e. The topological polar surface area (TPSA) is 0 Å². The highest BCUT2D eigenvalue weighted by molar-refractivity contribution is 7.26. The minimum absolute atomic E-state index is 1.24. The van der Waals surface area contributed by atoms with Crippen LogP contribution in [-0.4, -0.2) is 0 Å². The van der Waals surface area contributed by atoms with Gasteiger partial charge in [-0.15, -0.1) is 11.3 Å². The van der Waals surface area contributed by atoms with Crippen molar-refractivity contribution < 1.29 is 0 Å². The van der Waals surface area contributed by atoms with E-state index in [1.54, 1.807) is 0 Å². The predicted octanol–water partition coefficient (Wildman–Crippen LogP) is 13.7. The molecule has 0 bridgehead atoms. The molecule has 0 nitrogen and oxygen atoms in total. The van der Waals surface area contributed by atoms with E-state index in [1.807, 2.05) is 11.3 Å². The Morgan fingerprint density at radius 3 is 1.53 bits per heavy atom. The van der Waals surface area contributed by atoms with E-state index in [0.717, 1.165) is 0 Å². The maximum absolute atomic E-state index is 2.34. The van der Waals surface area contributed by atoms with Crippen LogP contribution in [-0.2, 0) is 0 Å². The summed E-state index contributed by atoms with van der Waals surface area (Å²) in [5.41, 5.74) is 7.62. The molecule has 218 valence electrons. The lowest BCUT2D eigenvalue weighted by atomic mass is 9.85. The third kappa shape index (κ3) is 4.07. The molecule has 1 heterocycles. The highest BCUT2D eigenvalue weighted by Crippen LogP contribution is 2.46. The first-order chi connectivity index (χ1) is 23.3.